The van der Waals surface area contributed by atoms with Gasteiger partial charge in [-0.3, -0.25) is 0 Å². The highest BCUT2D eigenvalue weighted by Gasteiger charge is 2.30. The summed E-state index contributed by atoms with van der Waals surface area (Å²) >= 11 is 0. The molecule has 1 aromatic carbocycles. The number of benzene rings is 1. The Labute approximate surface area is 125 Å². The zero-order valence-electron chi connectivity index (χ0n) is 11.8. The lowest BCUT2D eigenvalue weighted by atomic mass is 10.1. The average molecular weight is 312 g/mol. The van der Waals surface area contributed by atoms with E-state index in [1.807, 2.05) is 6.92 Å². The van der Waals surface area contributed by atoms with Gasteiger partial charge in [-0.1, -0.05) is 19.1 Å². The first-order chi connectivity index (χ1) is 10.4. The fraction of sp³-hybridized carbons (Fsp3) is 0.357. The van der Waals surface area contributed by atoms with Crippen LogP contribution in [0.5, 0.6) is 0 Å². The van der Waals surface area contributed by atoms with E-state index in [1.54, 1.807) is 0 Å². The van der Waals surface area contributed by atoms with Gasteiger partial charge in [-0.05, 0) is 18.6 Å². The van der Waals surface area contributed by atoms with E-state index in [1.165, 1.54) is 18.3 Å². The second-order valence-corrected chi connectivity index (χ2v) is 4.69. The molecular formula is C14H15F3N4O. The fourth-order valence-electron chi connectivity index (χ4n) is 1.73. The van der Waals surface area contributed by atoms with Crippen molar-refractivity contribution in [3.05, 3.63) is 36.0 Å². The monoisotopic (exact) mass is 312 g/mol. The third-order valence-electron chi connectivity index (χ3n) is 3.01. The van der Waals surface area contributed by atoms with Gasteiger partial charge in [0, 0.05) is 12.1 Å². The maximum absolute atomic E-state index is 12.7. The van der Waals surface area contributed by atoms with Gasteiger partial charge in [-0.2, -0.15) is 18.3 Å². The largest absolute Gasteiger partial charge is 0.416 e. The SMILES string of the molecule is CCC(O)CNc1nncc(-c2cccc(C(F)(F)F)c2)n1. The maximum atomic E-state index is 12.7. The maximum Gasteiger partial charge on any atom is 0.416 e. The van der Waals surface area contributed by atoms with Gasteiger partial charge in [-0.25, -0.2) is 4.98 Å². The number of halogens is 3. The molecule has 0 aliphatic heterocycles. The fourth-order valence-corrected chi connectivity index (χ4v) is 1.73. The number of anilines is 1. The molecule has 0 aliphatic rings. The summed E-state index contributed by atoms with van der Waals surface area (Å²) in [6, 6.07) is 4.84. The molecular weight excluding hydrogens is 297 g/mol. The topological polar surface area (TPSA) is 70.9 Å². The Balaban J connectivity index is 2.22. The zero-order chi connectivity index (χ0) is 16.2. The third kappa shape index (κ3) is 4.14. The molecule has 8 heteroatoms. The Morgan fingerprint density at radius 3 is 2.77 bits per heavy atom. The van der Waals surface area contributed by atoms with E-state index in [2.05, 4.69) is 20.5 Å². The number of hydrogen-bond donors (Lipinski definition) is 2. The summed E-state index contributed by atoms with van der Waals surface area (Å²) in [7, 11) is 0. The predicted molar refractivity (Wildman–Crippen MR) is 75.1 cm³/mol. The number of rotatable bonds is 5. The minimum atomic E-state index is -4.41. The molecule has 0 saturated carbocycles. The Morgan fingerprint density at radius 1 is 1.32 bits per heavy atom. The first-order valence-corrected chi connectivity index (χ1v) is 6.69. The van der Waals surface area contributed by atoms with Crippen LogP contribution in [0.15, 0.2) is 30.5 Å². The molecule has 118 valence electrons. The highest BCUT2D eigenvalue weighted by atomic mass is 19.4. The molecule has 0 saturated heterocycles. The minimum Gasteiger partial charge on any atom is -0.391 e. The van der Waals surface area contributed by atoms with Crippen molar-refractivity contribution in [3.63, 3.8) is 0 Å². The van der Waals surface area contributed by atoms with Crippen LogP contribution in [0.1, 0.15) is 18.9 Å². The Bertz CT molecular complexity index is 633. The van der Waals surface area contributed by atoms with Gasteiger partial charge in [0.2, 0.25) is 5.95 Å². The molecule has 2 rings (SSSR count). The van der Waals surface area contributed by atoms with Crippen LogP contribution in [0.3, 0.4) is 0 Å². The first kappa shape index (κ1) is 16.2. The highest BCUT2D eigenvalue weighted by molar-refractivity contribution is 5.60. The summed E-state index contributed by atoms with van der Waals surface area (Å²) in [5.41, 5.74) is -0.182. The van der Waals surface area contributed by atoms with Crippen molar-refractivity contribution >= 4 is 5.95 Å². The van der Waals surface area contributed by atoms with Gasteiger partial charge in [0.1, 0.15) is 0 Å². The van der Waals surface area contributed by atoms with Crippen LogP contribution in [-0.4, -0.2) is 32.9 Å². The van der Waals surface area contributed by atoms with Crippen molar-refractivity contribution in [2.24, 2.45) is 0 Å². The second kappa shape index (κ2) is 6.69. The summed E-state index contributed by atoms with van der Waals surface area (Å²) in [6.07, 6.45) is -3.12. The number of nitrogens with one attached hydrogen (secondary N) is 1. The molecule has 2 N–H and O–H groups in total. The molecule has 0 bridgehead atoms. The normalized spacial score (nSPS) is 13.0. The van der Waals surface area contributed by atoms with E-state index < -0.39 is 17.8 Å². The number of aliphatic hydroxyl groups is 1. The summed E-state index contributed by atoms with van der Waals surface area (Å²) in [5.74, 6) is 0.155. The quantitative estimate of drug-likeness (QED) is 0.888. The van der Waals surface area contributed by atoms with E-state index in [0.717, 1.165) is 12.1 Å². The van der Waals surface area contributed by atoms with Crippen LogP contribution in [0.25, 0.3) is 11.3 Å². The van der Waals surface area contributed by atoms with Crippen molar-refractivity contribution in [1.29, 1.82) is 0 Å². The lowest BCUT2D eigenvalue weighted by molar-refractivity contribution is -0.137. The number of alkyl halides is 3. The standard InChI is InChI=1S/C14H15F3N4O/c1-2-11(22)7-18-13-20-12(8-19-21-13)9-4-3-5-10(6-9)14(15,16)17/h3-6,8,11,22H,2,7H2,1H3,(H,18,20,21). The molecule has 0 spiro atoms. The Morgan fingerprint density at radius 2 is 2.09 bits per heavy atom. The molecule has 1 atom stereocenters. The summed E-state index contributed by atoms with van der Waals surface area (Å²) in [5, 5.41) is 19.7. The van der Waals surface area contributed by atoms with E-state index in [0.29, 0.717) is 12.0 Å². The molecule has 1 heterocycles. The molecule has 0 radical (unpaired) electrons. The van der Waals surface area contributed by atoms with Crippen LogP contribution >= 0.6 is 0 Å². The van der Waals surface area contributed by atoms with Crippen molar-refractivity contribution in [3.8, 4) is 11.3 Å². The number of nitrogens with zero attached hydrogens (tertiary/aromatic N) is 3. The minimum absolute atomic E-state index is 0.155. The van der Waals surface area contributed by atoms with Crippen LogP contribution < -0.4 is 5.32 Å². The van der Waals surface area contributed by atoms with Gasteiger partial charge in [0.15, 0.2) is 0 Å². The molecule has 0 amide bonds. The van der Waals surface area contributed by atoms with Gasteiger partial charge in [-0.15, -0.1) is 5.10 Å². The summed E-state index contributed by atoms with van der Waals surface area (Å²) in [4.78, 5) is 4.11. The van der Waals surface area contributed by atoms with Crippen molar-refractivity contribution in [2.45, 2.75) is 25.6 Å². The predicted octanol–water partition coefficient (Wildman–Crippen LogP) is 2.74. The molecule has 5 nitrogen and oxygen atoms in total. The molecule has 1 unspecified atom stereocenters. The zero-order valence-corrected chi connectivity index (χ0v) is 11.8. The number of aliphatic hydroxyl groups excluding tert-OH is 1. The molecule has 0 fully saturated rings. The van der Waals surface area contributed by atoms with Crippen LogP contribution in [-0.2, 0) is 6.18 Å². The first-order valence-electron chi connectivity index (χ1n) is 6.69. The van der Waals surface area contributed by atoms with Crippen LogP contribution in [0.2, 0.25) is 0 Å². The molecule has 22 heavy (non-hydrogen) atoms. The van der Waals surface area contributed by atoms with Crippen LogP contribution in [0, 0.1) is 0 Å². The highest BCUT2D eigenvalue weighted by Crippen LogP contribution is 2.31. The third-order valence-corrected chi connectivity index (χ3v) is 3.01. The van der Waals surface area contributed by atoms with E-state index in [9.17, 15) is 18.3 Å². The summed E-state index contributed by atoms with van der Waals surface area (Å²) in [6.45, 7) is 2.06. The van der Waals surface area contributed by atoms with Gasteiger partial charge < -0.3 is 10.4 Å². The van der Waals surface area contributed by atoms with Gasteiger partial charge >= 0.3 is 6.18 Å². The van der Waals surface area contributed by atoms with E-state index in [-0.39, 0.29) is 18.2 Å². The van der Waals surface area contributed by atoms with Gasteiger partial charge in [0.05, 0.1) is 23.6 Å². The van der Waals surface area contributed by atoms with Crippen molar-refractivity contribution in [2.75, 3.05) is 11.9 Å². The molecule has 1 aromatic heterocycles. The smallest absolute Gasteiger partial charge is 0.391 e. The molecule has 2 aromatic rings. The number of aromatic nitrogens is 3. The van der Waals surface area contributed by atoms with E-state index >= 15 is 0 Å². The van der Waals surface area contributed by atoms with Crippen molar-refractivity contribution in [1.82, 2.24) is 15.2 Å². The van der Waals surface area contributed by atoms with Crippen molar-refractivity contribution < 1.29 is 18.3 Å². The average Bonchev–Trinajstić information content (AvgIpc) is 2.52. The number of hydrogen-bond acceptors (Lipinski definition) is 5. The Hall–Kier alpha value is -2.22. The Kier molecular flexibility index (Phi) is 4.92. The van der Waals surface area contributed by atoms with Crippen LogP contribution in [0.4, 0.5) is 19.1 Å². The summed E-state index contributed by atoms with van der Waals surface area (Å²) < 4.78 is 38.2. The lowest BCUT2D eigenvalue weighted by Gasteiger charge is -2.10. The van der Waals surface area contributed by atoms with E-state index in [4.69, 9.17) is 0 Å². The molecule has 0 aliphatic carbocycles. The van der Waals surface area contributed by atoms with Gasteiger partial charge in [0.25, 0.3) is 0 Å². The lowest BCUT2D eigenvalue weighted by Crippen LogP contribution is -2.19. The second-order valence-electron chi connectivity index (χ2n) is 4.69.